The summed E-state index contributed by atoms with van der Waals surface area (Å²) in [5, 5.41) is 2.39. The van der Waals surface area contributed by atoms with Crippen LogP contribution in [0.2, 0.25) is 5.02 Å². The molecule has 1 N–H and O–H groups in total. The van der Waals surface area contributed by atoms with Crippen LogP contribution in [0.4, 0.5) is 18.9 Å². The summed E-state index contributed by atoms with van der Waals surface area (Å²) >= 11 is 5.88. The predicted octanol–water partition coefficient (Wildman–Crippen LogP) is 5.89. The topological polar surface area (TPSA) is 38.3 Å². The number of anilines is 1. The molecule has 0 saturated carbocycles. The van der Waals surface area contributed by atoms with Gasteiger partial charge in [0.05, 0.1) is 16.3 Å². The van der Waals surface area contributed by atoms with Gasteiger partial charge in [0.15, 0.2) is 6.10 Å². The molecular formula is C19H19ClF3NO2. The molecule has 2 rings (SSSR count). The first-order chi connectivity index (χ1) is 12.1. The van der Waals surface area contributed by atoms with Gasteiger partial charge in [0.2, 0.25) is 0 Å². The maximum absolute atomic E-state index is 12.8. The lowest BCUT2D eigenvalue weighted by Gasteiger charge is -2.17. The fourth-order valence-corrected chi connectivity index (χ4v) is 2.39. The highest BCUT2D eigenvalue weighted by atomic mass is 35.5. The van der Waals surface area contributed by atoms with E-state index in [-0.39, 0.29) is 10.7 Å². The number of hydrogen-bond donors (Lipinski definition) is 1. The number of carbonyl (C=O) groups is 1. The standard InChI is InChI=1S/C19H19ClF3NO2/c1-11(2)13-4-7-15(8-5-13)26-12(3)18(25)24-17-10-14(19(21,22)23)6-9-16(17)20/h4-12H,1-3H3,(H,24,25). The van der Waals surface area contributed by atoms with Crippen molar-refractivity contribution in [1.82, 2.24) is 0 Å². The quantitative estimate of drug-likeness (QED) is 0.697. The molecule has 0 spiro atoms. The summed E-state index contributed by atoms with van der Waals surface area (Å²) in [6.07, 6.45) is -5.44. The number of ether oxygens (including phenoxy) is 1. The van der Waals surface area contributed by atoms with Gasteiger partial charge in [-0.2, -0.15) is 13.2 Å². The summed E-state index contributed by atoms with van der Waals surface area (Å²) < 4.78 is 43.9. The molecule has 0 aromatic heterocycles. The molecule has 2 aromatic carbocycles. The van der Waals surface area contributed by atoms with Crippen molar-refractivity contribution in [1.29, 1.82) is 0 Å². The van der Waals surface area contributed by atoms with E-state index in [0.29, 0.717) is 11.7 Å². The van der Waals surface area contributed by atoms with Crippen LogP contribution in [0, 0.1) is 0 Å². The van der Waals surface area contributed by atoms with Crippen LogP contribution in [0.1, 0.15) is 37.8 Å². The number of hydrogen-bond acceptors (Lipinski definition) is 2. The lowest BCUT2D eigenvalue weighted by molar-refractivity contribution is -0.137. The molecular weight excluding hydrogens is 367 g/mol. The monoisotopic (exact) mass is 385 g/mol. The molecule has 1 amide bonds. The van der Waals surface area contributed by atoms with E-state index in [1.165, 1.54) is 6.92 Å². The Labute approximate surface area is 155 Å². The van der Waals surface area contributed by atoms with Gasteiger partial charge < -0.3 is 10.1 Å². The van der Waals surface area contributed by atoms with E-state index >= 15 is 0 Å². The highest BCUT2D eigenvalue weighted by molar-refractivity contribution is 6.33. The first kappa shape index (κ1) is 20.1. The fraction of sp³-hybridized carbons (Fsp3) is 0.316. The van der Waals surface area contributed by atoms with Crippen LogP contribution in [-0.4, -0.2) is 12.0 Å². The molecule has 140 valence electrons. The van der Waals surface area contributed by atoms with E-state index in [4.69, 9.17) is 16.3 Å². The molecule has 2 aromatic rings. The summed E-state index contributed by atoms with van der Waals surface area (Å²) in [6.45, 7) is 5.63. The van der Waals surface area contributed by atoms with Crippen molar-refractivity contribution >= 4 is 23.2 Å². The van der Waals surface area contributed by atoms with Crippen LogP contribution in [0.15, 0.2) is 42.5 Å². The van der Waals surface area contributed by atoms with Crippen molar-refractivity contribution in [2.75, 3.05) is 5.32 Å². The predicted molar refractivity (Wildman–Crippen MR) is 95.7 cm³/mol. The molecule has 0 fully saturated rings. The molecule has 0 aliphatic rings. The highest BCUT2D eigenvalue weighted by Gasteiger charge is 2.31. The van der Waals surface area contributed by atoms with E-state index in [2.05, 4.69) is 19.2 Å². The maximum Gasteiger partial charge on any atom is 0.416 e. The van der Waals surface area contributed by atoms with Crippen molar-refractivity contribution < 1.29 is 22.7 Å². The minimum Gasteiger partial charge on any atom is -0.481 e. The third-order valence-corrected chi connectivity index (χ3v) is 4.11. The van der Waals surface area contributed by atoms with Crippen LogP contribution in [-0.2, 0) is 11.0 Å². The van der Waals surface area contributed by atoms with Crippen LogP contribution in [0.25, 0.3) is 0 Å². The highest BCUT2D eigenvalue weighted by Crippen LogP contribution is 2.34. The Hall–Kier alpha value is -2.21. The van der Waals surface area contributed by atoms with Gasteiger partial charge in [-0.25, -0.2) is 0 Å². The van der Waals surface area contributed by atoms with Crippen molar-refractivity contribution in [3.05, 3.63) is 58.6 Å². The second kappa shape index (κ2) is 7.99. The third-order valence-electron chi connectivity index (χ3n) is 3.78. The molecule has 1 atom stereocenters. The minimum absolute atomic E-state index is 0.0137. The molecule has 0 heterocycles. The van der Waals surface area contributed by atoms with Crippen LogP contribution in [0.5, 0.6) is 5.75 Å². The van der Waals surface area contributed by atoms with Gasteiger partial charge in [-0.15, -0.1) is 0 Å². The van der Waals surface area contributed by atoms with Crippen LogP contribution >= 0.6 is 11.6 Å². The second-order valence-electron chi connectivity index (χ2n) is 6.17. The smallest absolute Gasteiger partial charge is 0.416 e. The molecule has 26 heavy (non-hydrogen) atoms. The molecule has 1 unspecified atom stereocenters. The molecule has 0 saturated heterocycles. The van der Waals surface area contributed by atoms with Crippen LogP contribution in [0.3, 0.4) is 0 Å². The molecule has 0 aliphatic heterocycles. The molecule has 3 nitrogen and oxygen atoms in total. The number of rotatable bonds is 5. The normalized spacial score (nSPS) is 12.8. The first-order valence-corrected chi connectivity index (χ1v) is 8.40. The average Bonchev–Trinajstić information content (AvgIpc) is 2.56. The lowest BCUT2D eigenvalue weighted by atomic mass is 10.0. The Morgan fingerprint density at radius 1 is 1.08 bits per heavy atom. The second-order valence-corrected chi connectivity index (χ2v) is 6.57. The Balaban J connectivity index is 2.07. The van der Waals surface area contributed by atoms with E-state index in [0.717, 1.165) is 23.8 Å². The fourth-order valence-electron chi connectivity index (χ4n) is 2.22. The van der Waals surface area contributed by atoms with Crippen molar-refractivity contribution in [2.45, 2.75) is 39.0 Å². The number of amides is 1. The van der Waals surface area contributed by atoms with Crippen LogP contribution < -0.4 is 10.1 Å². The summed E-state index contributed by atoms with van der Waals surface area (Å²) in [4.78, 5) is 12.2. The van der Waals surface area contributed by atoms with E-state index in [1.807, 2.05) is 12.1 Å². The van der Waals surface area contributed by atoms with Crippen molar-refractivity contribution in [2.24, 2.45) is 0 Å². The lowest BCUT2D eigenvalue weighted by Crippen LogP contribution is -2.30. The summed E-state index contributed by atoms with van der Waals surface area (Å²) in [7, 11) is 0. The SMILES string of the molecule is CC(Oc1ccc(C(C)C)cc1)C(=O)Nc1cc(C(F)(F)F)ccc1Cl. The van der Waals surface area contributed by atoms with Gasteiger partial charge >= 0.3 is 6.18 Å². The molecule has 0 radical (unpaired) electrons. The first-order valence-electron chi connectivity index (χ1n) is 8.02. The maximum atomic E-state index is 12.8. The number of halogens is 4. The van der Waals surface area contributed by atoms with Gasteiger partial charge in [0, 0.05) is 0 Å². The zero-order valence-corrected chi connectivity index (χ0v) is 15.3. The Morgan fingerprint density at radius 2 is 1.69 bits per heavy atom. The molecule has 7 heteroatoms. The average molecular weight is 386 g/mol. The minimum atomic E-state index is -4.52. The van der Waals surface area contributed by atoms with Gasteiger partial charge in [-0.05, 0) is 48.7 Å². The van der Waals surface area contributed by atoms with Gasteiger partial charge in [0.25, 0.3) is 5.91 Å². The zero-order chi connectivity index (χ0) is 19.5. The molecule has 0 bridgehead atoms. The van der Waals surface area contributed by atoms with Crippen molar-refractivity contribution in [3.8, 4) is 5.75 Å². The molecule has 0 aliphatic carbocycles. The summed E-state index contributed by atoms with van der Waals surface area (Å²) in [5.41, 5.74) is 0.123. The Morgan fingerprint density at radius 3 is 2.23 bits per heavy atom. The summed E-state index contributed by atoms with van der Waals surface area (Å²) in [5.74, 6) is 0.263. The van der Waals surface area contributed by atoms with E-state index in [9.17, 15) is 18.0 Å². The van der Waals surface area contributed by atoms with E-state index < -0.39 is 23.8 Å². The number of nitrogens with one attached hydrogen (secondary N) is 1. The number of carbonyl (C=O) groups excluding carboxylic acids is 1. The van der Waals surface area contributed by atoms with Crippen molar-refractivity contribution in [3.63, 3.8) is 0 Å². The Kier molecular flexibility index (Phi) is 6.18. The number of alkyl halides is 3. The van der Waals surface area contributed by atoms with Gasteiger partial charge in [-0.1, -0.05) is 37.6 Å². The largest absolute Gasteiger partial charge is 0.481 e. The third kappa shape index (κ3) is 5.14. The van der Waals surface area contributed by atoms with Gasteiger partial charge in [-0.3, -0.25) is 4.79 Å². The van der Waals surface area contributed by atoms with E-state index in [1.54, 1.807) is 12.1 Å². The zero-order valence-electron chi connectivity index (χ0n) is 14.5. The van der Waals surface area contributed by atoms with Gasteiger partial charge in [0.1, 0.15) is 5.75 Å². The number of benzene rings is 2. The summed E-state index contributed by atoms with van der Waals surface area (Å²) in [6, 6.07) is 10.0. The Bertz CT molecular complexity index is 773.